The largest absolute Gasteiger partial charge is 0.462 e. The summed E-state index contributed by atoms with van der Waals surface area (Å²) in [5.41, 5.74) is 1.35. The number of rotatable bonds is 8. The van der Waals surface area contributed by atoms with Crippen LogP contribution in [0.3, 0.4) is 0 Å². The Morgan fingerprint density at radius 2 is 1.85 bits per heavy atom. The van der Waals surface area contributed by atoms with E-state index < -0.39 is 5.97 Å². The lowest BCUT2D eigenvalue weighted by atomic mass is 10.0. The lowest BCUT2D eigenvalue weighted by molar-refractivity contribution is -0.135. The molecule has 0 bridgehead atoms. The molecular weight excluding hydrogens is 254 g/mol. The van der Waals surface area contributed by atoms with E-state index in [4.69, 9.17) is 4.74 Å². The van der Waals surface area contributed by atoms with Gasteiger partial charge in [0.1, 0.15) is 11.5 Å². The predicted molar refractivity (Wildman–Crippen MR) is 79.0 cm³/mol. The summed E-state index contributed by atoms with van der Waals surface area (Å²) in [6, 6.07) is 9.81. The molecule has 20 heavy (non-hydrogen) atoms. The molecule has 4 nitrogen and oxygen atoms in total. The molecule has 1 aromatic carbocycles. The van der Waals surface area contributed by atoms with Crippen molar-refractivity contribution in [2.24, 2.45) is 4.99 Å². The first-order valence-corrected chi connectivity index (χ1v) is 6.93. The summed E-state index contributed by atoms with van der Waals surface area (Å²) in [7, 11) is 0. The third-order valence-electron chi connectivity index (χ3n) is 2.76. The molecule has 1 aromatic rings. The van der Waals surface area contributed by atoms with E-state index >= 15 is 0 Å². The summed E-state index contributed by atoms with van der Waals surface area (Å²) in [5, 5.41) is 0. The average molecular weight is 275 g/mol. The van der Waals surface area contributed by atoms with Crippen molar-refractivity contribution in [1.82, 2.24) is 0 Å². The minimum Gasteiger partial charge on any atom is -0.462 e. The zero-order chi connectivity index (χ0) is 14.8. The van der Waals surface area contributed by atoms with E-state index in [0.29, 0.717) is 26.0 Å². The van der Waals surface area contributed by atoms with Gasteiger partial charge in [-0.3, -0.25) is 9.79 Å². The Morgan fingerprint density at radius 1 is 1.15 bits per heavy atom. The zero-order valence-corrected chi connectivity index (χ0v) is 12.1. The van der Waals surface area contributed by atoms with Crippen LogP contribution in [0.5, 0.6) is 0 Å². The van der Waals surface area contributed by atoms with Crippen molar-refractivity contribution in [2.45, 2.75) is 33.1 Å². The number of hydrogen-bond acceptors (Lipinski definition) is 4. The van der Waals surface area contributed by atoms with Gasteiger partial charge < -0.3 is 4.74 Å². The Kier molecular flexibility index (Phi) is 7.25. The second-order valence-corrected chi connectivity index (χ2v) is 4.34. The number of aryl methyl sites for hydroxylation is 1. The number of carbonyl (C=O) groups excluding carboxylic acids is 2. The van der Waals surface area contributed by atoms with Gasteiger partial charge in [-0.25, -0.2) is 4.79 Å². The molecule has 0 aliphatic heterocycles. The van der Waals surface area contributed by atoms with Gasteiger partial charge >= 0.3 is 5.97 Å². The fraction of sp³-hybridized carbons (Fsp3) is 0.438. The van der Waals surface area contributed by atoms with Crippen molar-refractivity contribution in [3.8, 4) is 0 Å². The molecule has 0 saturated heterocycles. The van der Waals surface area contributed by atoms with E-state index in [2.05, 4.69) is 4.99 Å². The molecule has 0 N–H and O–H groups in total. The number of carbonyl (C=O) groups is 2. The van der Waals surface area contributed by atoms with Crippen molar-refractivity contribution in [2.75, 3.05) is 13.2 Å². The van der Waals surface area contributed by atoms with E-state index in [1.165, 1.54) is 0 Å². The zero-order valence-electron chi connectivity index (χ0n) is 12.1. The number of ether oxygens (including phenoxy) is 1. The third kappa shape index (κ3) is 5.78. The predicted octanol–water partition coefficient (Wildman–Crippen LogP) is 2.60. The van der Waals surface area contributed by atoms with Crippen LogP contribution in [0.2, 0.25) is 0 Å². The van der Waals surface area contributed by atoms with E-state index in [-0.39, 0.29) is 17.9 Å². The number of benzene rings is 1. The number of hydrogen-bond donors (Lipinski definition) is 0. The van der Waals surface area contributed by atoms with Crippen LogP contribution in [0, 0.1) is 0 Å². The smallest absolute Gasteiger partial charge is 0.352 e. The van der Waals surface area contributed by atoms with Crippen molar-refractivity contribution in [3.63, 3.8) is 0 Å². The molecule has 0 radical (unpaired) electrons. The van der Waals surface area contributed by atoms with Crippen molar-refractivity contribution < 1.29 is 14.3 Å². The second kappa shape index (κ2) is 9.02. The molecule has 0 spiro atoms. The molecule has 0 aromatic heterocycles. The number of nitrogens with zero attached hydrogens (tertiary/aromatic N) is 1. The SMILES string of the molecule is CCN=C(CC(=O)CCc1ccccc1)C(=O)OCC. The number of Topliss-reactive ketones (excluding diaryl/α,β-unsaturated/α-hetero) is 1. The van der Waals surface area contributed by atoms with Crippen molar-refractivity contribution in [1.29, 1.82) is 0 Å². The van der Waals surface area contributed by atoms with Crippen molar-refractivity contribution in [3.05, 3.63) is 35.9 Å². The number of esters is 1. The van der Waals surface area contributed by atoms with E-state index in [0.717, 1.165) is 5.56 Å². The molecule has 1 rings (SSSR count). The van der Waals surface area contributed by atoms with Crippen LogP contribution in [0.15, 0.2) is 35.3 Å². The van der Waals surface area contributed by atoms with Crippen LogP contribution >= 0.6 is 0 Å². The Labute approximate surface area is 119 Å². The molecule has 0 heterocycles. The summed E-state index contributed by atoms with van der Waals surface area (Å²) in [6.45, 7) is 4.33. The molecule has 108 valence electrons. The second-order valence-electron chi connectivity index (χ2n) is 4.34. The monoisotopic (exact) mass is 275 g/mol. The van der Waals surface area contributed by atoms with Gasteiger partial charge in [-0.1, -0.05) is 30.3 Å². The first-order valence-electron chi connectivity index (χ1n) is 6.93. The minimum atomic E-state index is -0.484. The van der Waals surface area contributed by atoms with Crippen molar-refractivity contribution >= 4 is 17.5 Å². The Hall–Kier alpha value is -1.97. The van der Waals surface area contributed by atoms with Crippen LogP contribution < -0.4 is 0 Å². The van der Waals surface area contributed by atoms with Crippen LogP contribution in [0.25, 0.3) is 0 Å². The van der Waals surface area contributed by atoms with Gasteiger partial charge in [0.2, 0.25) is 0 Å². The summed E-state index contributed by atoms with van der Waals surface area (Å²) in [5.74, 6) is -0.475. The van der Waals surface area contributed by atoms with Gasteiger partial charge in [-0.05, 0) is 25.8 Å². The fourth-order valence-corrected chi connectivity index (χ4v) is 1.80. The van der Waals surface area contributed by atoms with Crippen LogP contribution in [0.1, 0.15) is 32.3 Å². The maximum Gasteiger partial charge on any atom is 0.352 e. The summed E-state index contributed by atoms with van der Waals surface area (Å²) in [6.07, 6.45) is 1.15. The molecule has 0 fully saturated rings. The quantitative estimate of drug-likeness (QED) is 0.541. The highest BCUT2D eigenvalue weighted by molar-refractivity contribution is 6.39. The molecule has 0 aliphatic carbocycles. The van der Waals surface area contributed by atoms with Gasteiger partial charge in [0.15, 0.2) is 0 Å². The first-order chi connectivity index (χ1) is 9.67. The van der Waals surface area contributed by atoms with E-state index in [1.54, 1.807) is 6.92 Å². The third-order valence-corrected chi connectivity index (χ3v) is 2.76. The van der Waals surface area contributed by atoms with Gasteiger partial charge in [-0.15, -0.1) is 0 Å². The normalized spacial score (nSPS) is 11.2. The van der Waals surface area contributed by atoms with Gasteiger partial charge in [0.25, 0.3) is 0 Å². The standard InChI is InChI=1S/C16H21NO3/c1-3-17-15(16(19)20-4-2)12-14(18)11-10-13-8-6-5-7-9-13/h5-9H,3-4,10-12H2,1-2H3. The lowest BCUT2D eigenvalue weighted by Crippen LogP contribution is -2.21. The maximum atomic E-state index is 11.9. The highest BCUT2D eigenvalue weighted by Gasteiger charge is 2.16. The van der Waals surface area contributed by atoms with Crippen LogP contribution in [0.4, 0.5) is 0 Å². The molecule has 0 saturated carbocycles. The molecule has 0 aliphatic rings. The van der Waals surface area contributed by atoms with Gasteiger partial charge in [-0.2, -0.15) is 0 Å². The molecule has 4 heteroatoms. The highest BCUT2D eigenvalue weighted by atomic mass is 16.5. The fourth-order valence-electron chi connectivity index (χ4n) is 1.80. The average Bonchev–Trinajstić information content (AvgIpc) is 2.46. The Morgan fingerprint density at radius 3 is 2.45 bits per heavy atom. The summed E-state index contributed by atoms with van der Waals surface area (Å²) < 4.78 is 4.90. The number of ketones is 1. The summed E-state index contributed by atoms with van der Waals surface area (Å²) in [4.78, 5) is 27.6. The molecule has 0 amide bonds. The Bertz CT molecular complexity index is 466. The highest BCUT2D eigenvalue weighted by Crippen LogP contribution is 2.05. The molecule has 0 unspecified atom stereocenters. The first kappa shape index (κ1) is 16.1. The lowest BCUT2D eigenvalue weighted by Gasteiger charge is -2.05. The summed E-state index contributed by atoms with van der Waals surface area (Å²) >= 11 is 0. The van der Waals surface area contributed by atoms with Crippen LogP contribution in [-0.2, 0) is 20.7 Å². The minimum absolute atomic E-state index is 0.00843. The topological polar surface area (TPSA) is 55.7 Å². The van der Waals surface area contributed by atoms with E-state index in [1.807, 2.05) is 37.3 Å². The van der Waals surface area contributed by atoms with Gasteiger partial charge in [0, 0.05) is 13.0 Å². The molecule has 0 atom stereocenters. The Balaban J connectivity index is 2.50. The van der Waals surface area contributed by atoms with Gasteiger partial charge in [0.05, 0.1) is 13.0 Å². The number of aliphatic imine (C=N–C) groups is 1. The molecular formula is C16H21NO3. The van der Waals surface area contributed by atoms with Crippen LogP contribution in [-0.4, -0.2) is 30.6 Å². The maximum absolute atomic E-state index is 11.9. The van der Waals surface area contributed by atoms with E-state index in [9.17, 15) is 9.59 Å².